The Morgan fingerprint density at radius 2 is 2.12 bits per heavy atom. The van der Waals surface area contributed by atoms with E-state index in [-0.39, 0.29) is 17.2 Å². The van der Waals surface area contributed by atoms with Gasteiger partial charge in [0.25, 0.3) is 0 Å². The third-order valence-corrected chi connectivity index (χ3v) is 2.54. The molecule has 0 spiro atoms. The Hall–Kier alpha value is -1.15. The van der Waals surface area contributed by atoms with E-state index < -0.39 is 5.82 Å². The number of ketones is 1. The van der Waals surface area contributed by atoms with Crippen LogP contribution in [0.25, 0.3) is 0 Å². The van der Waals surface area contributed by atoms with E-state index in [0.717, 1.165) is 5.57 Å². The first-order valence-electron chi connectivity index (χ1n) is 5.09. The molecule has 0 fully saturated rings. The summed E-state index contributed by atoms with van der Waals surface area (Å²) in [5, 5.41) is 0.0604. The number of benzene rings is 1. The number of Topliss-reactive ketones (excluding diaryl/α,β-unsaturated/α-hetero) is 1. The van der Waals surface area contributed by atoms with Gasteiger partial charge >= 0.3 is 0 Å². The molecule has 0 saturated carbocycles. The SMILES string of the molecule is C=C(C)CCC(=O)Cc1cccc(Cl)c1F. The lowest BCUT2D eigenvalue weighted by Gasteiger charge is -2.04. The molecule has 1 rings (SSSR count). The van der Waals surface area contributed by atoms with Gasteiger partial charge in [0.1, 0.15) is 11.6 Å². The van der Waals surface area contributed by atoms with E-state index in [4.69, 9.17) is 11.6 Å². The molecule has 0 N–H and O–H groups in total. The standard InChI is InChI=1S/C13H14ClFO/c1-9(2)6-7-11(16)8-10-4-3-5-12(14)13(10)15/h3-5H,1,6-8H2,2H3. The monoisotopic (exact) mass is 240 g/mol. The van der Waals surface area contributed by atoms with Crippen LogP contribution in [-0.4, -0.2) is 5.78 Å². The molecule has 0 saturated heterocycles. The summed E-state index contributed by atoms with van der Waals surface area (Å²) in [4.78, 5) is 11.5. The van der Waals surface area contributed by atoms with Crippen LogP contribution in [0.5, 0.6) is 0 Å². The molecule has 3 heteroatoms. The van der Waals surface area contributed by atoms with E-state index in [1.165, 1.54) is 6.07 Å². The molecule has 0 unspecified atom stereocenters. The Morgan fingerprint density at radius 1 is 1.44 bits per heavy atom. The van der Waals surface area contributed by atoms with Gasteiger partial charge in [-0.15, -0.1) is 6.58 Å². The quantitative estimate of drug-likeness (QED) is 0.713. The molecule has 1 nitrogen and oxygen atoms in total. The smallest absolute Gasteiger partial charge is 0.145 e. The summed E-state index contributed by atoms with van der Waals surface area (Å²) >= 11 is 5.62. The number of carbonyl (C=O) groups excluding carboxylic acids is 1. The van der Waals surface area contributed by atoms with E-state index in [1.807, 2.05) is 6.92 Å². The van der Waals surface area contributed by atoms with Gasteiger partial charge in [0.05, 0.1) is 5.02 Å². The summed E-state index contributed by atoms with van der Waals surface area (Å²) in [7, 11) is 0. The molecule has 1 aromatic carbocycles. The summed E-state index contributed by atoms with van der Waals surface area (Å²) in [6.07, 6.45) is 1.15. The van der Waals surface area contributed by atoms with Crippen LogP contribution in [0.3, 0.4) is 0 Å². The van der Waals surface area contributed by atoms with Crippen molar-refractivity contribution in [1.82, 2.24) is 0 Å². The third kappa shape index (κ3) is 3.78. The minimum absolute atomic E-state index is 0.00386. The summed E-state index contributed by atoms with van der Waals surface area (Å²) in [6, 6.07) is 4.70. The van der Waals surface area contributed by atoms with Gasteiger partial charge < -0.3 is 0 Å². The van der Waals surface area contributed by atoms with Gasteiger partial charge in [-0.1, -0.05) is 29.3 Å². The van der Waals surface area contributed by atoms with Crippen LogP contribution in [0.4, 0.5) is 4.39 Å². The Bertz CT molecular complexity index is 412. The van der Waals surface area contributed by atoms with Gasteiger partial charge in [0.2, 0.25) is 0 Å². The molecule has 0 atom stereocenters. The fourth-order valence-corrected chi connectivity index (χ4v) is 1.53. The van der Waals surface area contributed by atoms with Crippen molar-refractivity contribution < 1.29 is 9.18 Å². The molecule has 1 aromatic rings. The summed E-state index contributed by atoms with van der Waals surface area (Å²) in [5.41, 5.74) is 1.32. The van der Waals surface area contributed by atoms with Crippen molar-refractivity contribution in [2.75, 3.05) is 0 Å². The van der Waals surface area contributed by atoms with Crippen LogP contribution < -0.4 is 0 Å². The normalized spacial score (nSPS) is 10.2. The average molecular weight is 241 g/mol. The van der Waals surface area contributed by atoms with E-state index >= 15 is 0 Å². The lowest BCUT2D eigenvalue weighted by Crippen LogP contribution is -2.04. The first-order chi connectivity index (χ1) is 7.50. The zero-order valence-corrected chi connectivity index (χ0v) is 9.98. The first kappa shape index (κ1) is 12.9. The van der Waals surface area contributed by atoms with Crippen LogP contribution >= 0.6 is 11.6 Å². The Balaban J connectivity index is 2.63. The van der Waals surface area contributed by atoms with E-state index in [1.54, 1.807) is 12.1 Å². The highest BCUT2D eigenvalue weighted by molar-refractivity contribution is 6.30. The summed E-state index contributed by atoms with van der Waals surface area (Å²) < 4.78 is 13.5. The average Bonchev–Trinajstić information content (AvgIpc) is 2.22. The van der Waals surface area contributed by atoms with Crippen LogP contribution in [0.2, 0.25) is 5.02 Å². The fraction of sp³-hybridized carbons (Fsp3) is 0.308. The highest BCUT2D eigenvalue weighted by atomic mass is 35.5. The maximum absolute atomic E-state index is 13.5. The molecule has 0 aliphatic rings. The van der Waals surface area contributed by atoms with E-state index in [0.29, 0.717) is 18.4 Å². The van der Waals surface area contributed by atoms with Gasteiger partial charge in [-0.2, -0.15) is 0 Å². The molecule has 0 amide bonds. The molecule has 86 valence electrons. The highest BCUT2D eigenvalue weighted by Gasteiger charge is 2.10. The van der Waals surface area contributed by atoms with Crippen molar-refractivity contribution >= 4 is 17.4 Å². The van der Waals surface area contributed by atoms with Crippen molar-refractivity contribution in [2.24, 2.45) is 0 Å². The number of carbonyl (C=O) groups is 1. The van der Waals surface area contributed by atoms with Crippen LogP contribution in [-0.2, 0) is 11.2 Å². The molecule has 0 radical (unpaired) electrons. The summed E-state index contributed by atoms with van der Waals surface area (Å²) in [5.74, 6) is -0.489. The van der Waals surface area contributed by atoms with Crippen molar-refractivity contribution in [3.05, 3.63) is 46.8 Å². The second-order valence-electron chi connectivity index (χ2n) is 3.89. The second kappa shape index (κ2) is 5.80. The van der Waals surface area contributed by atoms with Crippen LogP contribution in [0.15, 0.2) is 30.4 Å². The zero-order valence-electron chi connectivity index (χ0n) is 9.22. The van der Waals surface area contributed by atoms with Gasteiger partial charge in [-0.25, -0.2) is 4.39 Å². The molecule has 16 heavy (non-hydrogen) atoms. The van der Waals surface area contributed by atoms with E-state index in [9.17, 15) is 9.18 Å². The van der Waals surface area contributed by atoms with Gasteiger partial charge in [0, 0.05) is 12.8 Å². The van der Waals surface area contributed by atoms with Crippen LogP contribution in [0, 0.1) is 5.82 Å². The predicted octanol–water partition coefficient (Wildman–Crippen LogP) is 3.95. The maximum atomic E-state index is 13.5. The number of hydrogen-bond acceptors (Lipinski definition) is 1. The van der Waals surface area contributed by atoms with Gasteiger partial charge in [-0.05, 0) is 25.0 Å². The molecule has 0 bridgehead atoms. The van der Waals surface area contributed by atoms with Crippen molar-refractivity contribution in [3.8, 4) is 0 Å². The molecule has 0 heterocycles. The predicted molar refractivity (Wildman–Crippen MR) is 64.2 cm³/mol. The van der Waals surface area contributed by atoms with Crippen molar-refractivity contribution in [3.63, 3.8) is 0 Å². The fourth-order valence-electron chi connectivity index (χ4n) is 1.34. The molecular weight excluding hydrogens is 227 g/mol. The van der Waals surface area contributed by atoms with Gasteiger partial charge in [0.15, 0.2) is 0 Å². The minimum Gasteiger partial charge on any atom is -0.299 e. The lowest BCUT2D eigenvalue weighted by atomic mass is 10.0. The molecule has 0 aromatic heterocycles. The largest absolute Gasteiger partial charge is 0.299 e. The minimum atomic E-state index is -0.493. The summed E-state index contributed by atoms with van der Waals surface area (Å²) in [6.45, 7) is 5.59. The zero-order chi connectivity index (χ0) is 12.1. The molecule has 0 aliphatic heterocycles. The second-order valence-corrected chi connectivity index (χ2v) is 4.29. The number of rotatable bonds is 5. The van der Waals surface area contributed by atoms with Gasteiger partial charge in [-0.3, -0.25) is 4.79 Å². The van der Waals surface area contributed by atoms with Crippen LogP contribution in [0.1, 0.15) is 25.3 Å². The number of allylic oxidation sites excluding steroid dienone is 1. The first-order valence-corrected chi connectivity index (χ1v) is 5.47. The Labute approximate surface area is 99.9 Å². The maximum Gasteiger partial charge on any atom is 0.145 e. The lowest BCUT2D eigenvalue weighted by molar-refractivity contribution is -0.118. The van der Waals surface area contributed by atoms with Crippen molar-refractivity contribution in [2.45, 2.75) is 26.2 Å². The number of hydrogen-bond donors (Lipinski definition) is 0. The van der Waals surface area contributed by atoms with Crippen molar-refractivity contribution in [1.29, 1.82) is 0 Å². The Morgan fingerprint density at radius 3 is 2.75 bits per heavy atom. The Kier molecular flexibility index (Phi) is 4.69. The molecular formula is C13H14ClFO. The van der Waals surface area contributed by atoms with E-state index in [2.05, 4.69) is 6.58 Å². The highest BCUT2D eigenvalue weighted by Crippen LogP contribution is 2.19. The topological polar surface area (TPSA) is 17.1 Å². The molecule has 0 aliphatic carbocycles. The third-order valence-electron chi connectivity index (χ3n) is 2.25. The number of halogens is 2.